The standard InChI is InChI=1S/C25H24N6OS/c1-17-23(33-25(27-17)18-7-3-2-4-8-18)24(32)29-20-11-9-19(10-12-20)28-22-15-21(16-26-30-22)31-13-5-6-14-31/h2-4,7-12,15-16H,5-6,13-14H2,1H3,(H,28,30)(H,29,32). The summed E-state index contributed by atoms with van der Waals surface area (Å²) in [4.78, 5) is 20.3. The summed E-state index contributed by atoms with van der Waals surface area (Å²) in [6.07, 6.45) is 4.24. The molecular weight excluding hydrogens is 432 g/mol. The monoisotopic (exact) mass is 456 g/mol. The molecule has 2 aromatic heterocycles. The lowest BCUT2D eigenvalue weighted by Crippen LogP contribution is -2.18. The van der Waals surface area contributed by atoms with Gasteiger partial charge in [-0.1, -0.05) is 30.3 Å². The average Bonchev–Trinajstić information content (AvgIpc) is 3.51. The van der Waals surface area contributed by atoms with Crippen LogP contribution in [0.4, 0.5) is 22.9 Å². The zero-order valence-corrected chi connectivity index (χ0v) is 19.1. The van der Waals surface area contributed by atoms with E-state index < -0.39 is 0 Å². The van der Waals surface area contributed by atoms with Gasteiger partial charge in [0.1, 0.15) is 9.88 Å². The van der Waals surface area contributed by atoms with E-state index in [2.05, 4.69) is 30.7 Å². The van der Waals surface area contributed by atoms with E-state index in [1.165, 1.54) is 24.2 Å². The van der Waals surface area contributed by atoms with Gasteiger partial charge in [0.05, 0.1) is 17.6 Å². The van der Waals surface area contributed by atoms with Crippen LogP contribution in [0.3, 0.4) is 0 Å². The number of carbonyl (C=O) groups excluding carboxylic acids is 1. The zero-order valence-electron chi connectivity index (χ0n) is 18.3. The highest BCUT2D eigenvalue weighted by molar-refractivity contribution is 7.17. The van der Waals surface area contributed by atoms with Crippen molar-refractivity contribution in [1.82, 2.24) is 15.2 Å². The zero-order chi connectivity index (χ0) is 22.6. The number of hydrogen-bond donors (Lipinski definition) is 2. The van der Waals surface area contributed by atoms with Crippen molar-refractivity contribution in [3.8, 4) is 10.6 Å². The van der Waals surface area contributed by atoms with Crippen LogP contribution in [0.5, 0.6) is 0 Å². The molecule has 0 bridgehead atoms. The number of aryl methyl sites for hydroxylation is 1. The molecule has 166 valence electrons. The van der Waals surface area contributed by atoms with Crippen LogP contribution >= 0.6 is 11.3 Å². The van der Waals surface area contributed by atoms with Crippen LogP contribution in [0.2, 0.25) is 0 Å². The van der Waals surface area contributed by atoms with Crippen molar-refractivity contribution in [3.05, 3.63) is 77.4 Å². The maximum absolute atomic E-state index is 12.8. The maximum Gasteiger partial charge on any atom is 0.267 e. The van der Waals surface area contributed by atoms with Gasteiger partial charge >= 0.3 is 0 Å². The molecule has 0 unspecified atom stereocenters. The minimum atomic E-state index is -0.155. The van der Waals surface area contributed by atoms with Crippen molar-refractivity contribution in [1.29, 1.82) is 0 Å². The highest BCUT2D eigenvalue weighted by Gasteiger charge is 2.17. The molecule has 0 saturated carbocycles. The number of aromatic nitrogens is 3. The van der Waals surface area contributed by atoms with Crippen LogP contribution in [0.15, 0.2) is 66.9 Å². The average molecular weight is 457 g/mol. The lowest BCUT2D eigenvalue weighted by molar-refractivity contribution is 0.103. The Morgan fingerprint density at radius 3 is 2.48 bits per heavy atom. The second kappa shape index (κ2) is 9.38. The quantitative estimate of drug-likeness (QED) is 0.398. The third-order valence-electron chi connectivity index (χ3n) is 5.55. The third kappa shape index (κ3) is 4.85. The molecule has 1 amide bonds. The number of amides is 1. The lowest BCUT2D eigenvalue weighted by Gasteiger charge is -2.17. The second-order valence-electron chi connectivity index (χ2n) is 7.95. The number of anilines is 4. The summed E-state index contributed by atoms with van der Waals surface area (Å²) in [6.45, 7) is 3.99. The molecule has 2 aromatic carbocycles. The molecule has 0 spiro atoms. The first-order valence-corrected chi connectivity index (χ1v) is 11.8. The molecule has 33 heavy (non-hydrogen) atoms. The Labute approximate surface area is 196 Å². The van der Waals surface area contributed by atoms with Crippen molar-refractivity contribution in [2.24, 2.45) is 0 Å². The predicted molar refractivity (Wildman–Crippen MR) is 133 cm³/mol. The van der Waals surface area contributed by atoms with Gasteiger partial charge in [0.25, 0.3) is 5.91 Å². The molecule has 1 fully saturated rings. The van der Waals surface area contributed by atoms with E-state index in [1.54, 1.807) is 6.20 Å². The Morgan fingerprint density at radius 2 is 1.73 bits per heavy atom. The van der Waals surface area contributed by atoms with Gasteiger partial charge in [-0.25, -0.2) is 4.98 Å². The fraction of sp³-hybridized carbons (Fsp3) is 0.200. The summed E-state index contributed by atoms with van der Waals surface area (Å²) in [6, 6.07) is 19.5. The number of nitrogens with one attached hydrogen (secondary N) is 2. The number of thiazole rings is 1. The van der Waals surface area contributed by atoms with Crippen molar-refractivity contribution in [2.75, 3.05) is 28.6 Å². The van der Waals surface area contributed by atoms with E-state index >= 15 is 0 Å². The third-order valence-corrected chi connectivity index (χ3v) is 6.76. The van der Waals surface area contributed by atoms with Crippen molar-refractivity contribution < 1.29 is 4.79 Å². The van der Waals surface area contributed by atoms with Crippen LogP contribution in [0.25, 0.3) is 10.6 Å². The maximum atomic E-state index is 12.8. The van der Waals surface area contributed by atoms with Gasteiger partial charge in [-0.3, -0.25) is 4.79 Å². The Hall–Kier alpha value is -3.78. The van der Waals surface area contributed by atoms with Gasteiger partial charge in [0.2, 0.25) is 0 Å². The summed E-state index contributed by atoms with van der Waals surface area (Å²) in [5.74, 6) is 0.544. The number of benzene rings is 2. The predicted octanol–water partition coefficient (Wildman–Crippen LogP) is 5.50. The van der Waals surface area contributed by atoms with Gasteiger partial charge in [-0.05, 0) is 44.0 Å². The minimum absolute atomic E-state index is 0.155. The van der Waals surface area contributed by atoms with Crippen molar-refractivity contribution in [2.45, 2.75) is 19.8 Å². The fourth-order valence-corrected chi connectivity index (χ4v) is 4.82. The molecule has 4 aromatic rings. The van der Waals surface area contributed by atoms with E-state index in [9.17, 15) is 4.79 Å². The highest BCUT2D eigenvalue weighted by Crippen LogP contribution is 2.29. The van der Waals surface area contributed by atoms with Gasteiger partial charge in [0.15, 0.2) is 5.82 Å². The molecule has 8 heteroatoms. The molecule has 7 nitrogen and oxygen atoms in total. The lowest BCUT2D eigenvalue weighted by atomic mass is 10.2. The topological polar surface area (TPSA) is 83.0 Å². The van der Waals surface area contributed by atoms with Crippen LogP contribution in [-0.4, -0.2) is 34.2 Å². The molecule has 1 aliphatic rings. The number of rotatable bonds is 6. The number of carbonyl (C=O) groups is 1. The van der Waals surface area contributed by atoms with E-state index in [4.69, 9.17) is 0 Å². The van der Waals surface area contributed by atoms with Gasteiger partial charge in [0, 0.05) is 36.1 Å². The molecule has 0 atom stereocenters. The van der Waals surface area contributed by atoms with Crippen LogP contribution in [-0.2, 0) is 0 Å². The summed E-state index contributed by atoms with van der Waals surface area (Å²) in [5, 5.41) is 15.4. The second-order valence-corrected chi connectivity index (χ2v) is 8.95. The summed E-state index contributed by atoms with van der Waals surface area (Å²) in [7, 11) is 0. The van der Waals surface area contributed by atoms with Crippen molar-refractivity contribution >= 4 is 40.1 Å². The summed E-state index contributed by atoms with van der Waals surface area (Å²) < 4.78 is 0. The Bertz CT molecular complexity index is 1250. The Morgan fingerprint density at radius 1 is 1.00 bits per heavy atom. The van der Waals surface area contributed by atoms with E-state index in [-0.39, 0.29) is 5.91 Å². The van der Waals surface area contributed by atoms with E-state index in [0.717, 1.165) is 46.4 Å². The molecule has 2 N–H and O–H groups in total. The van der Waals surface area contributed by atoms with Gasteiger partial charge < -0.3 is 15.5 Å². The highest BCUT2D eigenvalue weighted by atomic mass is 32.1. The smallest absolute Gasteiger partial charge is 0.267 e. The normalized spacial score (nSPS) is 13.2. The van der Waals surface area contributed by atoms with E-state index in [1.807, 2.05) is 67.6 Å². The van der Waals surface area contributed by atoms with Gasteiger partial charge in [-0.15, -0.1) is 16.4 Å². The van der Waals surface area contributed by atoms with Crippen molar-refractivity contribution in [3.63, 3.8) is 0 Å². The minimum Gasteiger partial charge on any atom is -0.370 e. The molecule has 1 saturated heterocycles. The first-order chi connectivity index (χ1) is 16.2. The Balaban J connectivity index is 1.25. The van der Waals surface area contributed by atoms with Crippen LogP contribution in [0.1, 0.15) is 28.2 Å². The first-order valence-electron chi connectivity index (χ1n) is 10.9. The van der Waals surface area contributed by atoms with Gasteiger partial charge in [-0.2, -0.15) is 5.10 Å². The van der Waals surface area contributed by atoms with E-state index in [0.29, 0.717) is 10.7 Å². The largest absolute Gasteiger partial charge is 0.370 e. The first kappa shape index (κ1) is 21.1. The Kier molecular flexibility index (Phi) is 5.99. The summed E-state index contributed by atoms with van der Waals surface area (Å²) in [5.41, 5.74) is 4.42. The molecule has 5 rings (SSSR count). The van der Waals surface area contributed by atoms with Crippen LogP contribution < -0.4 is 15.5 Å². The molecule has 0 aliphatic carbocycles. The molecule has 3 heterocycles. The molecular formula is C25H24N6OS. The number of nitrogens with zero attached hydrogens (tertiary/aromatic N) is 4. The molecule has 0 radical (unpaired) electrons. The number of hydrogen-bond acceptors (Lipinski definition) is 7. The fourth-order valence-electron chi connectivity index (χ4n) is 3.85. The summed E-state index contributed by atoms with van der Waals surface area (Å²) >= 11 is 1.40. The molecule has 1 aliphatic heterocycles. The van der Waals surface area contributed by atoms with Crippen LogP contribution in [0, 0.1) is 6.92 Å². The SMILES string of the molecule is Cc1nc(-c2ccccc2)sc1C(=O)Nc1ccc(Nc2cc(N3CCCC3)cnn2)cc1.